The first-order chi connectivity index (χ1) is 9.72. The van der Waals surface area contributed by atoms with Crippen LogP contribution >= 0.6 is 0 Å². The Morgan fingerprint density at radius 1 is 1.30 bits per heavy atom. The Morgan fingerprint density at radius 2 is 2.15 bits per heavy atom. The molecule has 20 heavy (non-hydrogen) atoms. The third-order valence-corrected chi connectivity index (χ3v) is 3.32. The Labute approximate surface area is 119 Å². The number of carbonyl (C=O) groups is 2. The Hall–Kier alpha value is -2.04. The monoisotopic (exact) mass is 275 g/mol. The van der Waals surface area contributed by atoms with Crippen LogP contribution in [0.2, 0.25) is 0 Å². The van der Waals surface area contributed by atoms with Crippen molar-refractivity contribution in [2.75, 3.05) is 25.0 Å². The maximum absolute atomic E-state index is 12.2. The lowest BCUT2D eigenvalue weighted by atomic mass is 9.97. The molecule has 0 saturated heterocycles. The summed E-state index contributed by atoms with van der Waals surface area (Å²) in [5.41, 5.74) is 2.74. The topological polar surface area (TPSA) is 70.2 Å². The molecule has 5 nitrogen and oxygen atoms in total. The fourth-order valence-electron chi connectivity index (χ4n) is 2.31. The van der Waals surface area contributed by atoms with Gasteiger partial charge in [-0.3, -0.25) is 9.59 Å². The molecule has 0 atom stereocenters. The zero-order valence-electron chi connectivity index (χ0n) is 11.8. The van der Waals surface area contributed by atoms with Crippen LogP contribution in [0.25, 0.3) is 0 Å². The van der Waals surface area contributed by atoms with Gasteiger partial charge in [0, 0.05) is 24.3 Å². The summed E-state index contributed by atoms with van der Waals surface area (Å²) in [6.07, 6.45) is 2.81. The Kier molecular flexibility index (Phi) is 4.98. The molecule has 1 aliphatic rings. The molecule has 2 amide bonds. The van der Waals surface area contributed by atoms with Gasteiger partial charge >= 0.3 is 0 Å². The standard InChI is InChI=1S/C15H21N3O2/c1-2-8-17-14(19)10-18-15(20)12-5-3-7-13-11(12)6-4-9-16-13/h3,5,7,16H,2,4,6,8-10H2,1H3,(H,17,19)(H,18,20). The van der Waals surface area contributed by atoms with Crippen LogP contribution in [0.15, 0.2) is 18.2 Å². The number of fused-ring (bicyclic) bond motifs is 1. The minimum absolute atomic E-state index is 0.0237. The van der Waals surface area contributed by atoms with Crippen molar-refractivity contribution in [3.8, 4) is 0 Å². The first kappa shape index (κ1) is 14.4. The number of nitrogens with one attached hydrogen (secondary N) is 3. The molecule has 1 aliphatic heterocycles. The second-order valence-corrected chi connectivity index (χ2v) is 4.89. The van der Waals surface area contributed by atoms with Gasteiger partial charge in [0.05, 0.1) is 6.54 Å². The Balaban J connectivity index is 1.97. The lowest BCUT2D eigenvalue weighted by Crippen LogP contribution is -2.37. The maximum Gasteiger partial charge on any atom is 0.252 e. The number of hydrogen-bond donors (Lipinski definition) is 3. The second-order valence-electron chi connectivity index (χ2n) is 4.89. The average Bonchev–Trinajstić information content (AvgIpc) is 2.50. The highest BCUT2D eigenvalue weighted by Crippen LogP contribution is 2.25. The summed E-state index contributed by atoms with van der Waals surface area (Å²) in [5, 5.41) is 8.71. The Morgan fingerprint density at radius 3 is 2.95 bits per heavy atom. The van der Waals surface area contributed by atoms with E-state index in [1.807, 2.05) is 25.1 Å². The molecule has 0 saturated carbocycles. The van der Waals surface area contributed by atoms with Gasteiger partial charge in [-0.25, -0.2) is 0 Å². The molecule has 0 bridgehead atoms. The Bertz CT molecular complexity index is 500. The number of rotatable bonds is 5. The summed E-state index contributed by atoms with van der Waals surface area (Å²) >= 11 is 0. The number of carbonyl (C=O) groups excluding carboxylic acids is 2. The number of amides is 2. The van der Waals surface area contributed by atoms with Gasteiger partial charge in [-0.1, -0.05) is 13.0 Å². The van der Waals surface area contributed by atoms with Gasteiger partial charge in [0.2, 0.25) is 5.91 Å². The SMILES string of the molecule is CCCNC(=O)CNC(=O)c1cccc2c1CCCN2. The maximum atomic E-state index is 12.2. The molecular formula is C15H21N3O2. The second kappa shape index (κ2) is 6.93. The van der Waals surface area contributed by atoms with Crippen molar-refractivity contribution < 1.29 is 9.59 Å². The van der Waals surface area contributed by atoms with Crippen molar-refractivity contribution in [2.24, 2.45) is 0 Å². The van der Waals surface area contributed by atoms with Gasteiger partial charge in [0.25, 0.3) is 5.91 Å². The molecule has 1 aromatic rings. The molecule has 5 heteroatoms. The van der Waals surface area contributed by atoms with E-state index >= 15 is 0 Å². The first-order valence-corrected chi connectivity index (χ1v) is 7.13. The first-order valence-electron chi connectivity index (χ1n) is 7.13. The summed E-state index contributed by atoms with van der Waals surface area (Å²) in [6, 6.07) is 5.66. The van der Waals surface area contributed by atoms with Crippen LogP contribution in [0.3, 0.4) is 0 Å². The van der Waals surface area contributed by atoms with E-state index in [4.69, 9.17) is 0 Å². The van der Waals surface area contributed by atoms with Crippen LogP contribution in [0.5, 0.6) is 0 Å². The number of benzene rings is 1. The molecule has 3 N–H and O–H groups in total. The van der Waals surface area contributed by atoms with E-state index in [0.29, 0.717) is 12.1 Å². The molecular weight excluding hydrogens is 254 g/mol. The molecule has 0 spiro atoms. The van der Waals surface area contributed by atoms with Crippen LogP contribution in [-0.2, 0) is 11.2 Å². The number of anilines is 1. The summed E-state index contributed by atoms with van der Waals surface area (Å²) < 4.78 is 0. The molecule has 108 valence electrons. The van der Waals surface area contributed by atoms with Crippen molar-refractivity contribution in [3.63, 3.8) is 0 Å². The van der Waals surface area contributed by atoms with Crippen molar-refractivity contribution in [1.82, 2.24) is 10.6 Å². The molecule has 0 aromatic heterocycles. The molecule has 0 aliphatic carbocycles. The van der Waals surface area contributed by atoms with Crippen molar-refractivity contribution in [3.05, 3.63) is 29.3 Å². The van der Waals surface area contributed by atoms with Crippen LogP contribution in [0.1, 0.15) is 35.7 Å². The molecule has 1 heterocycles. The van der Waals surface area contributed by atoms with Gasteiger partial charge in [-0.05, 0) is 37.0 Å². The highest BCUT2D eigenvalue weighted by Gasteiger charge is 2.17. The smallest absolute Gasteiger partial charge is 0.252 e. The zero-order chi connectivity index (χ0) is 14.4. The largest absolute Gasteiger partial charge is 0.385 e. The predicted octanol–water partition coefficient (Wildman–Crippen LogP) is 1.30. The van der Waals surface area contributed by atoms with Gasteiger partial charge in [-0.2, -0.15) is 0 Å². The fourth-order valence-corrected chi connectivity index (χ4v) is 2.31. The van der Waals surface area contributed by atoms with Crippen LogP contribution < -0.4 is 16.0 Å². The van der Waals surface area contributed by atoms with E-state index in [1.54, 1.807) is 0 Å². The third kappa shape index (κ3) is 3.50. The lowest BCUT2D eigenvalue weighted by molar-refractivity contribution is -0.120. The van der Waals surface area contributed by atoms with E-state index in [0.717, 1.165) is 37.1 Å². The van der Waals surface area contributed by atoms with E-state index in [2.05, 4.69) is 16.0 Å². The third-order valence-electron chi connectivity index (χ3n) is 3.32. The van der Waals surface area contributed by atoms with Crippen molar-refractivity contribution in [1.29, 1.82) is 0 Å². The lowest BCUT2D eigenvalue weighted by Gasteiger charge is -2.20. The molecule has 0 unspecified atom stereocenters. The van der Waals surface area contributed by atoms with Crippen molar-refractivity contribution in [2.45, 2.75) is 26.2 Å². The van der Waals surface area contributed by atoms with Crippen LogP contribution in [0.4, 0.5) is 5.69 Å². The summed E-state index contributed by atoms with van der Waals surface area (Å²) in [5.74, 6) is -0.333. The van der Waals surface area contributed by atoms with Gasteiger partial charge in [0.1, 0.15) is 0 Å². The summed E-state index contributed by atoms with van der Waals surface area (Å²) in [7, 11) is 0. The van der Waals surface area contributed by atoms with Gasteiger partial charge in [-0.15, -0.1) is 0 Å². The molecule has 1 aromatic carbocycles. The minimum atomic E-state index is -0.183. The van der Waals surface area contributed by atoms with Crippen molar-refractivity contribution >= 4 is 17.5 Å². The molecule has 2 rings (SSSR count). The highest BCUT2D eigenvalue weighted by molar-refractivity contribution is 5.99. The van der Waals surface area contributed by atoms with E-state index in [1.165, 1.54) is 0 Å². The summed E-state index contributed by atoms with van der Waals surface area (Å²) in [6.45, 7) is 3.59. The van der Waals surface area contributed by atoms with Gasteiger partial charge < -0.3 is 16.0 Å². The average molecular weight is 275 g/mol. The molecule has 0 radical (unpaired) electrons. The summed E-state index contributed by atoms with van der Waals surface area (Å²) in [4.78, 5) is 23.7. The van der Waals surface area contributed by atoms with E-state index < -0.39 is 0 Å². The minimum Gasteiger partial charge on any atom is -0.385 e. The fraction of sp³-hybridized carbons (Fsp3) is 0.467. The quantitative estimate of drug-likeness (QED) is 0.758. The van der Waals surface area contributed by atoms with E-state index in [9.17, 15) is 9.59 Å². The zero-order valence-corrected chi connectivity index (χ0v) is 11.8. The number of hydrogen-bond acceptors (Lipinski definition) is 3. The highest BCUT2D eigenvalue weighted by atomic mass is 16.2. The normalized spacial score (nSPS) is 13.1. The molecule has 0 fully saturated rings. The van der Waals surface area contributed by atoms with Gasteiger partial charge in [0.15, 0.2) is 0 Å². The van der Waals surface area contributed by atoms with E-state index in [-0.39, 0.29) is 18.4 Å². The van der Waals surface area contributed by atoms with Crippen LogP contribution in [0, 0.1) is 0 Å². The van der Waals surface area contributed by atoms with Crippen LogP contribution in [-0.4, -0.2) is 31.4 Å². The predicted molar refractivity (Wildman–Crippen MR) is 78.9 cm³/mol.